The number of fused-ring (bicyclic) bond motifs is 3. The van der Waals surface area contributed by atoms with Crippen molar-refractivity contribution in [1.82, 2.24) is 4.68 Å². The molecule has 0 bridgehead atoms. The zero-order valence-electron chi connectivity index (χ0n) is 14.9. The van der Waals surface area contributed by atoms with Crippen LogP contribution in [-0.4, -0.2) is 13.1 Å². The molecule has 0 aliphatic heterocycles. The summed E-state index contributed by atoms with van der Waals surface area (Å²) in [6.45, 7) is 4.41. The standard InChI is InChI=1S/C20H22N2O2S.ClH/c1-20(2)12-6-9-16-17-13-15(10-11-18(17)22(21)19(16)20)25(23,24)14-7-4-3-5-8-14;/h3-5,7-8,10-11,13H,6,9,12,21H2,1-2H3;1H. The molecule has 1 aromatic heterocycles. The molecule has 4 rings (SSSR count). The maximum absolute atomic E-state index is 12.9. The van der Waals surface area contributed by atoms with Crippen LogP contribution in [0.15, 0.2) is 58.3 Å². The Labute approximate surface area is 160 Å². The van der Waals surface area contributed by atoms with Crippen LogP contribution in [0.25, 0.3) is 10.9 Å². The van der Waals surface area contributed by atoms with Crippen LogP contribution in [0.4, 0.5) is 0 Å². The SMILES string of the molecule is CC1(C)CCCc2c1n(N)c1ccc(S(=O)(=O)c3ccccc3)cc21.Cl. The van der Waals surface area contributed by atoms with Crippen molar-refractivity contribution in [3.8, 4) is 0 Å². The fourth-order valence-corrected chi connectivity index (χ4v) is 5.38. The highest BCUT2D eigenvalue weighted by molar-refractivity contribution is 7.91. The van der Waals surface area contributed by atoms with Crippen LogP contribution < -0.4 is 5.84 Å². The number of benzene rings is 2. The van der Waals surface area contributed by atoms with Crippen LogP contribution >= 0.6 is 12.4 Å². The van der Waals surface area contributed by atoms with E-state index in [2.05, 4.69) is 13.8 Å². The summed E-state index contributed by atoms with van der Waals surface area (Å²) >= 11 is 0. The third kappa shape index (κ3) is 2.70. The van der Waals surface area contributed by atoms with Crippen molar-refractivity contribution in [1.29, 1.82) is 0 Å². The predicted molar refractivity (Wildman–Crippen MR) is 107 cm³/mol. The first-order valence-electron chi connectivity index (χ1n) is 8.55. The molecule has 1 aliphatic rings. The second-order valence-corrected chi connectivity index (χ2v) is 9.38. The predicted octanol–water partition coefficient (Wildman–Crippen LogP) is 4.22. The monoisotopic (exact) mass is 390 g/mol. The van der Waals surface area contributed by atoms with Crippen molar-refractivity contribution in [3.05, 3.63) is 59.8 Å². The lowest BCUT2D eigenvalue weighted by atomic mass is 9.76. The smallest absolute Gasteiger partial charge is 0.206 e. The van der Waals surface area contributed by atoms with Gasteiger partial charge in [-0.1, -0.05) is 32.0 Å². The number of sulfone groups is 1. The van der Waals surface area contributed by atoms with Crippen molar-refractivity contribution in [2.24, 2.45) is 0 Å². The first-order valence-corrected chi connectivity index (χ1v) is 10.0. The maximum Gasteiger partial charge on any atom is 0.206 e. The van der Waals surface area contributed by atoms with Crippen molar-refractivity contribution in [3.63, 3.8) is 0 Å². The maximum atomic E-state index is 12.9. The van der Waals surface area contributed by atoms with Gasteiger partial charge in [0.15, 0.2) is 0 Å². The molecule has 6 heteroatoms. The van der Waals surface area contributed by atoms with Gasteiger partial charge < -0.3 is 5.84 Å². The first-order chi connectivity index (χ1) is 11.8. The molecule has 1 aliphatic carbocycles. The normalized spacial score (nSPS) is 16.1. The summed E-state index contributed by atoms with van der Waals surface area (Å²) in [5.74, 6) is 6.37. The molecule has 1 heterocycles. The van der Waals surface area contributed by atoms with E-state index in [0.717, 1.165) is 35.9 Å². The van der Waals surface area contributed by atoms with Crippen molar-refractivity contribution in [2.75, 3.05) is 5.84 Å². The van der Waals surface area contributed by atoms with Crippen LogP contribution in [0, 0.1) is 0 Å². The van der Waals surface area contributed by atoms with Crippen molar-refractivity contribution >= 4 is 33.1 Å². The van der Waals surface area contributed by atoms with Gasteiger partial charge in [0.05, 0.1) is 15.3 Å². The average molecular weight is 391 g/mol. The van der Waals surface area contributed by atoms with Gasteiger partial charge in [-0.2, -0.15) is 0 Å². The molecular weight excluding hydrogens is 368 g/mol. The Balaban J connectivity index is 0.00000196. The van der Waals surface area contributed by atoms with Gasteiger partial charge in [-0.05, 0) is 55.2 Å². The number of aromatic nitrogens is 1. The molecule has 2 aromatic carbocycles. The Morgan fingerprint density at radius 1 is 1.04 bits per heavy atom. The number of hydrogen-bond acceptors (Lipinski definition) is 3. The summed E-state index contributed by atoms with van der Waals surface area (Å²) in [5.41, 5.74) is 3.22. The highest BCUT2D eigenvalue weighted by atomic mass is 35.5. The molecular formula is C20H23ClN2O2S. The van der Waals surface area contributed by atoms with E-state index in [4.69, 9.17) is 5.84 Å². The summed E-state index contributed by atoms with van der Waals surface area (Å²) < 4.78 is 27.6. The molecule has 26 heavy (non-hydrogen) atoms. The lowest BCUT2D eigenvalue weighted by Gasteiger charge is -2.31. The van der Waals surface area contributed by atoms with Crippen molar-refractivity contribution in [2.45, 2.75) is 48.3 Å². The summed E-state index contributed by atoms with van der Waals surface area (Å²) in [4.78, 5) is 0.638. The molecule has 0 amide bonds. The molecule has 0 fully saturated rings. The number of hydrogen-bond donors (Lipinski definition) is 1. The Hall–Kier alpha value is -1.98. The van der Waals surface area contributed by atoms with Gasteiger partial charge in [-0.15, -0.1) is 12.4 Å². The fraction of sp³-hybridized carbons (Fsp3) is 0.300. The molecule has 4 nitrogen and oxygen atoms in total. The summed E-state index contributed by atoms with van der Waals surface area (Å²) in [6, 6.07) is 13.8. The van der Waals surface area contributed by atoms with Gasteiger partial charge in [0, 0.05) is 16.5 Å². The van der Waals surface area contributed by atoms with E-state index in [1.54, 1.807) is 41.1 Å². The van der Waals surface area contributed by atoms with Gasteiger partial charge in [0.2, 0.25) is 9.84 Å². The molecule has 0 radical (unpaired) electrons. The quantitative estimate of drug-likeness (QED) is 0.666. The highest BCUT2D eigenvalue weighted by Crippen LogP contribution is 2.41. The number of nitrogens with zero attached hydrogens (tertiary/aromatic N) is 1. The number of halogens is 1. The van der Waals surface area contributed by atoms with E-state index in [-0.39, 0.29) is 17.8 Å². The lowest BCUT2D eigenvalue weighted by Crippen LogP contribution is -2.29. The fourth-order valence-electron chi connectivity index (χ4n) is 4.08. The largest absolute Gasteiger partial charge is 0.339 e. The molecule has 0 unspecified atom stereocenters. The van der Waals surface area contributed by atoms with E-state index in [0.29, 0.717) is 9.79 Å². The molecule has 0 saturated heterocycles. The van der Waals surface area contributed by atoms with Crippen LogP contribution in [0.1, 0.15) is 37.9 Å². The molecule has 0 saturated carbocycles. The first kappa shape index (κ1) is 18.8. The van der Waals surface area contributed by atoms with E-state index in [9.17, 15) is 8.42 Å². The molecule has 0 spiro atoms. The second kappa shape index (κ2) is 6.32. The van der Waals surface area contributed by atoms with Crippen LogP contribution in [0.2, 0.25) is 0 Å². The summed E-state index contributed by atoms with van der Waals surface area (Å²) in [7, 11) is -3.53. The van der Waals surface area contributed by atoms with E-state index in [1.165, 1.54) is 5.56 Å². The number of nitrogens with two attached hydrogens (primary N) is 1. The molecule has 2 N–H and O–H groups in total. The second-order valence-electron chi connectivity index (χ2n) is 7.43. The summed E-state index contributed by atoms with van der Waals surface area (Å²) in [5, 5.41) is 0.960. The van der Waals surface area contributed by atoms with Crippen LogP contribution in [0.3, 0.4) is 0 Å². The van der Waals surface area contributed by atoms with E-state index < -0.39 is 9.84 Å². The van der Waals surface area contributed by atoms with Gasteiger partial charge in [0.25, 0.3) is 0 Å². The third-order valence-corrected chi connectivity index (χ3v) is 7.08. The summed E-state index contributed by atoms with van der Waals surface area (Å²) in [6.07, 6.45) is 3.12. The van der Waals surface area contributed by atoms with Gasteiger partial charge >= 0.3 is 0 Å². The Morgan fingerprint density at radius 2 is 1.73 bits per heavy atom. The molecule has 3 aromatic rings. The Bertz CT molecular complexity index is 1070. The molecule has 0 atom stereocenters. The molecule has 138 valence electrons. The number of nitrogen functional groups attached to an aromatic ring is 1. The third-order valence-electron chi connectivity index (χ3n) is 5.31. The highest BCUT2D eigenvalue weighted by Gasteiger charge is 2.33. The van der Waals surface area contributed by atoms with Crippen LogP contribution in [-0.2, 0) is 21.7 Å². The zero-order valence-corrected chi connectivity index (χ0v) is 16.5. The van der Waals surface area contributed by atoms with Crippen LogP contribution in [0.5, 0.6) is 0 Å². The number of aryl methyl sites for hydroxylation is 1. The van der Waals surface area contributed by atoms with Gasteiger partial charge in [-0.3, -0.25) is 4.68 Å². The minimum absolute atomic E-state index is 0. The van der Waals surface area contributed by atoms with E-state index >= 15 is 0 Å². The zero-order chi connectivity index (χ0) is 17.8. The Morgan fingerprint density at radius 3 is 2.42 bits per heavy atom. The topological polar surface area (TPSA) is 65.1 Å². The average Bonchev–Trinajstić information content (AvgIpc) is 2.89. The van der Waals surface area contributed by atoms with Gasteiger partial charge in [-0.25, -0.2) is 8.42 Å². The van der Waals surface area contributed by atoms with E-state index in [1.807, 2.05) is 12.1 Å². The minimum atomic E-state index is -3.53. The lowest BCUT2D eigenvalue weighted by molar-refractivity contribution is 0.413. The Kier molecular flexibility index (Phi) is 4.57. The minimum Gasteiger partial charge on any atom is -0.339 e. The van der Waals surface area contributed by atoms with Gasteiger partial charge in [0.1, 0.15) is 0 Å². The van der Waals surface area contributed by atoms with Crippen molar-refractivity contribution < 1.29 is 8.42 Å². The number of rotatable bonds is 2.